The van der Waals surface area contributed by atoms with E-state index >= 15 is 0 Å². The number of likely N-dealkylation sites (tertiary alicyclic amines) is 1. The number of hydrogen-bond acceptors (Lipinski definition) is 4. The molecule has 1 aliphatic rings. The number of piperidine rings is 1. The van der Waals surface area contributed by atoms with Crippen LogP contribution in [0.4, 0.5) is 8.78 Å². The molecule has 1 saturated heterocycles. The predicted molar refractivity (Wildman–Crippen MR) is 84.4 cm³/mol. The molecule has 1 aliphatic heterocycles. The van der Waals surface area contributed by atoms with Crippen molar-refractivity contribution in [2.75, 3.05) is 13.1 Å². The van der Waals surface area contributed by atoms with Crippen LogP contribution in [0.15, 0.2) is 33.6 Å². The smallest absolute Gasteiger partial charge is 0.317 e. The molecule has 0 saturated carbocycles. The summed E-state index contributed by atoms with van der Waals surface area (Å²) in [5.74, 6) is -1.61. The second kappa shape index (κ2) is 7.18. The summed E-state index contributed by atoms with van der Waals surface area (Å²) >= 11 is 0. The van der Waals surface area contributed by atoms with Crippen LogP contribution in [0.25, 0.3) is 0 Å². The van der Waals surface area contributed by atoms with Crippen LogP contribution < -0.4 is 5.56 Å². The van der Waals surface area contributed by atoms with Gasteiger partial charge in [-0.2, -0.15) is 5.16 Å². The second-order valence-electron chi connectivity index (χ2n) is 6.29. The SMILES string of the molecule is O=C(O)CN1CCC(c2cc(=O)[nH]o2)CC1Cc1cc(F)ccc1F. The molecule has 0 radical (unpaired) electrons. The molecule has 0 spiro atoms. The van der Waals surface area contributed by atoms with E-state index in [0.29, 0.717) is 25.1 Å². The maximum atomic E-state index is 14.0. The molecule has 134 valence electrons. The molecule has 3 rings (SSSR count). The zero-order chi connectivity index (χ0) is 18.0. The third-order valence-electron chi connectivity index (χ3n) is 4.58. The third kappa shape index (κ3) is 4.14. The van der Waals surface area contributed by atoms with Gasteiger partial charge in [-0.25, -0.2) is 8.78 Å². The van der Waals surface area contributed by atoms with Crippen LogP contribution in [0.1, 0.15) is 30.1 Å². The van der Waals surface area contributed by atoms with Crippen LogP contribution in [0.2, 0.25) is 0 Å². The Balaban J connectivity index is 1.82. The molecule has 8 heteroatoms. The van der Waals surface area contributed by atoms with Crippen LogP contribution in [-0.4, -0.2) is 40.3 Å². The molecular formula is C17H18F2N2O4. The largest absolute Gasteiger partial charge is 0.480 e. The van der Waals surface area contributed by atoms with Crippen molar-refractivity contribution in [3.63, 3.8) is 0 Å². The Hall–Kier alpha value is -2.48. The lowest BCUT2D eigenvalue weighted by Crippen LogP contribution is -2.45. The molecule has 1 aromatic carbocycles. The van der Waals surface area contributed by atoms with Crippen LogP contribution in [-0.2, 0) is 11.2 Å². The second-order valence-corrected chi connectivity index (χ2v) is 6.29. The maximum absolute atomic E-state index is 14.0. The number of carboxylic acids is 1. The topological polar surface area (TPSA) is 86.5 Å². The number of aliphatic carboxylic acids is 1. The molecule has 1 aromatic heterocycles. The number of benzene rings is 1. The minimum Gasteiger partial charge on any atom is -0.480 e. The van der Waals surface area contributed by atoms with Crippen LogP contribution in [0, 0.1) is 11.6 Å². The highest BCUT2D eigenvalue weighted by Crippen LogP contribution is 2.32. The first kappa shape index (κ1) is 17.3. The number of carbonyl (C=O) groups is 1. The first-order valence-corrected chi connectivity index (χ1v) is 8.00. The molecule has 1 fully saturated rings. The van der Waals surface area contributed by atoms with Gasteiger partial charge >= 0.3 is 5.97 Å². The number of aromatic nitrogens is 1. The fraction of sp³-hybridized carbons (Fsp3) is 0.412. The van der Waals surface area contributed by atoms with E-state index < -0.39 is 17.6 Å². The van der Waals surface area contributed by atoms with E-state index in [-0.39, 0.29) is 36.0 Å². The van der Waals surface area contributed by atoms with Crippen LogP contribution >= 0.6 is 0 Å². The van der Waals surface area contributed by atoms with Crippen LogP contribution in [0.3, 0.4) is 0 Å². The van der Waals surface area contributed by atoms with Gasteiger partial charge in [-0.05, 0) is 49.6 Å². The predicted octanol–water partition coefficient (Wildman–Crippen LogP) is 2.12. The molecule has 2 N–H and O–H groups in total. The summed E-state index contributed by atoms with van der Waals surface area (Å²) in [4.78, 5) is 24.1. The minimum atomic E-state index is -0.976. The Bertz CT molecular complexity index is 817. The highest BCUT2D eigenvalue weighted by molar-refractivity contribution is 5.69. The Kier molecular flexibility index (Phi) is 4.98. The summed E-state index contributed by atoms with van der Waals surface area (Å²) in [6.07, 6.45) is 1.29. The highest BCUT2D eigenvalue weighted by Gasteiger charge is 2.32. The number of carboxylic acid groups (broad SMARTS) is 1. The summed E-state index contributed by atoms with van der Waals surface area (Å²) in [5, 5.41) is 11.3. The normalized spacial score (nSPS) is 21.4. The monoisotopic (exact) mass is 352 g/mol. The molecule has 2 aromatic rings. The van der Waals surface area contributed by atoms with Crippen molar-refractivity contribution in [3.8, 4) is 0 Å². The van der Waals surface area contributed by atoms with E-state index in [1.54, 1.807) is 4.90 Å². The standard InChI is InChI=1S/C17H18F2N2O4/c18-12-1-2-14(19)11(5-12)7-13-6-10(15-8-16(22)20-25-15)3-4-21(13)9-17(23)24/h1-2,5,8,10,13H,3-4,6-7,9H2,(H,20,22)(H,23,24). The van der Waals surface area contributed by atoms with Crippen molar-refractivity contribution < 1.29 is 23.2 Å². The van der Waals surface area contributed by atoms with Crippen molar-refractivity contribution in [2.45, 2.75) is 31.2 Å². The lowest BCUT2D eigenvalue weighted by atomic mass is 9.86. The average Bonchev–Trinajstić information content (AvgIpc) is 2.98. The van der Waals surface area contributed by atoms with Gasteiger partial charge in [-0.1, -0.05) is 0 Å². The van der Waals surface area contributed by atoms with Crippen molar-refractivity contribution in [1.82, 2.24) is 10.1 Å². The summed E-state index contributed by atoms with van der Waals surface area (Å²) < 4.78 is 32.6. The minimum absolute atomic E-state index is 0.0781. The zero-order valence-electron chi connectivity index (χ0n) is 13.4. The highest BCUT2D eigenvalue weighted by atomic mass is 19.1. The van der Waals surface area contributed by atoms with Crippen molar-refractivity contribution in [2.24, 2.45) is 0 Å². The quantitative estimate of drug-likeness (QED) is 0.861. The van der Waals surface area contributed by atoms with Gasteiger partial charge in [0.15, 0.2) is 0 Å². The van der Waals surface area contributed by atoms with Crippen molar-refractivity contribution >= 4 is 5.97 Å². The molecule has 0 amide bonds. The van der Waals surface area contributed by atoms with Gasteiger partial charge in [0.1, 0.15) is 17.4 Å². The number of hydrogen-bond donors (Lipinski definition) is 2. The van der Waals surface area contributed by atoms with E-state index in [0.717, 1.165) is 18.2 Å². The average molecular weight is 352 g/mol. The van der Waals surface area contributed by atoms with Crippen molar-refractivity contribution in [3.05, 3.63) is 57.6 Å². The number of H-pyrrole nitrogens is 1. The van der Waals surface area contributed by atoms with Crippen molar-refractivity contribution in [1.29, 1.82) is 0 Å². The molecule has 6 nitrogen and oxygen atoms in total. The summed E-state index contributed by atoms with van der Waals surface area (Å²) in [6, 6.07) is 4.32. The number of halogens is 2. The third-order valence-corrected chi connectivity index (χ3v) is 4.58. The zero-order valence-corrected chi connectivity index (χ0v) is 13.4. The maximum Gasteiger partial charge on any atom is 0.317 e. The van der Waals surface area contributed by atoms with E-state index in [9.17, 15) is 18.4 Å². The van der Waals surface area contributed by atoms with Gasteiger partial charge < -0.3 is 9.63 Å². The lowest BCUT2D eigenvalue weighted by molar-refractivity contribution is -0.139. The molecule has 0 bridgehead atoms. The fourth-order valence-electron chi connectivity index (χ4n) is 3.40. The number of rotatable bonds is 5. The van der Waals surface area contributed by atoms with E-state index in [1.165, 1.54) is 6.07 Å². The number of nitrogens with zero attached hydrogens (tertiary/aromatic N) is 1. The molecular weight excluding hydrogens is 334 g/mol. The Labute approximate surface area is 142 Å². The Morgan fingerprint density at radius 3 is 2.84 bits per heavy atom. The van der Waals surface area contributed by atoms with Crippen LogP contribution in [0.5, 0.6) is 0 Å². The summed E-state index contributed by atoms with van der Waals surface area (Å²) in [5.41, 5.74) is -0.132. The van der Waals surface area contributed by atoms with Gasteiger partial charge in [-0.3, -0.25) is 14.5 Å². The molecule has 25 heavy (non-hydrogen) atoms. The Morgan fingerprint density at radius 2 is 2.16 bits per heavy atom. The number of aromatic amines is 1. The van der Waals surface area contributed by atoms with E-state index in [2.05, 4.69) is 5.16 Å². The first-order valence-electron chi connectivity index (χ1n) is 8.00. The summed E-state index contributed by atoms with van der Waals surface area (Å²) in [6.45, 7) is 0.291. The fourth-order valence-corrected chi connectivity index (χ4v) is 3.40. The van der Waals surface area contributed by atoms with E-state index in [4.69, 9.17) is 9.63 Å². The molecule has 0 aliphatic carbocycles. The number of nitrogens with one attached hydrogen (secondary N) is 1. The summed E-state index contributed by atoms with van der Waals surface area (Å²) in [7, 11) is 0. The van der Waals surface area contributed by atoms with Gasteiger partial charge in [0.2, 0.25) is 0 Å². The van der Waals surface area contributed by atoms with Gasteiger partial charge in [0.25, 0.3) is 5.56 Å². The lowest BCUT2D eigenvalue weighted by Gasteiger charge is -2.38. The van der Waals surface area contributed by atoms with Gasteiger partial charge in [-0.15, -0.1) is 0 Å². The molecule has 2 atom stereocenters. The molecule has 2 heterocycles. The molecule has 2 unspecified atom stereocenters. The first-order chi connectivity index (χ1) is 11.9. The van der Waals surface area contributed by atoms with Gasteiger partial charge in [0.05, 0.1) is 6.54 Å². The van der Waals surface area contributed by atoms with Gasteiger partial charge in [0, 0.05) is 18.0 Å². The Morgan fingerprint density at radius 1 is 1.36 bits per heavy atom. The van der Waals surface area contributed by atoms with E-state index in [1.807, 2.05) is 0 Å².